The molecule has 0 aliphatic heterocycles. The van der Waals surface area contributed by atoms with Crippen molar-refractivity contribution in [2.24, 2.45) is 0 Å². The van der Waals surface area contributed by atoms with Crippen molar-refractivity contribution in [3.05, 3.63) is 66.2 Å². The predicted molar refractivity (Wildman–Crippen MR) is 135 cm³/mol. The standard InChI is InChI=1S/C26H37N3O4S/c1-5-21(2)27-26(31)22(3)29(20-18-23-13-8-6-9-14-23)25(30)17-12-19-28(4)34(32,33)24-15-10-7-11-16-24/h6-11,13-16,21-22H,5,12,17-20H2,1-4H3,(H,27,31)/t21-,22+/m0/s1. The highest BCUT2D eigenvalue weighted by atomic mass is 32.2. The van der Waals surface area contributed by atoms with Crippen LogP contribution in [-0.2, 0) is 26.0 Å². The lowest BCUT2D eigenvalue weighted by atomic mass is 10.1. The fourth-order valence-corrected chi connectivity index (χ4v) is 4.76. The molecule has 0 saturated heterocycles. The number of sulfonamides is 1. The van der Waals surface area contributed by atoms with E-state index in [1.807, 2.05) is 44.2 Å². The highest BCUT2D eigenvalue weighted by Gasteiger charge is 2.27. The molecule has 0 fully saturated rings. The van der Waals surface area contributed by atoms with Gasteiger partial charge in [0.25, 0.3) is 0 Å². The molecule has 0 aliphatic rings. The lowest BCUT2D eigenvalue weighted by Gasteiger charge is -2.30. The zero-order chi connectivity index (χ0) is 25.1. The third-order valence-electron chi connectivity index (χ3n) is 5.97. The maximum Gasteiger partial charge on any atom is 0.242 e. The van der Waals surface area contributed by atoms with Crippen molar-refractivity contribution in [1.82, 2.24) is 14.5 Å². The summed E-state index contributed by atoms with van der Waals surface area (Å²) in [4.78, 5) is 27.7. The number of rotatable bonds is 13. The molecule has 0 bridgehead atoms. The van der Waals surface area contributed by atoms with E-state index in [-0.39, 0.29) is 35.7 Å². The molecule has 2 aromatic carbocycles. The summed E-state index contributed by atoms with van der Waals surface area (Å²) in [7, 11) is -2.09. The van der Waals surface area contributed by atoms with Crippen LogP contribution < -0.4 is 5.32 Å². The van der Waals surface area contributed by atoms with Gasteiger partial charge in [-0.15, -0.1) is 0 Å². The summed E-state index contributed by atoms with van der Waals surface area (Å²) in [6.45, 7) is 6.29. The molecule has 0 unspecified atom stereocenters. The van der Waals surface area contributed by atoms with Crippen molar-refractivity contribution in [2.45, 2.75) is 63.4 Å². The van der Waals surface area contributed by atoms with Crippen LogP contribution in [0.25, 0.3) is 0 Å². The zero-order valence-electron chi connectivity index (χ0n) is 20.6. The first-order valence-corrected chi connectivity index (χ1v) is 13.3. The fraction of sp³-hybridized carbons (Fsp3) is 0.462. The van der Waals surface area contributed by atoms with Gasteiger partial charge in [0, 0.05) is 32.6 Å². The number of nitrogens with one attached hydrogen (secondary N) is 1. The summed E-state index contributed by atoms with van der Waals surface area (Å²) in [6, 6.07) is 17.5. The van der Waals surface area contributed by atoms with Crippen molar-refractivity contribution in [1.29, 1.82) is 0 Å². The van der Waals surface area contributed by atoms with Crippen LogP contribution in [-0.4, -0.2) is 61.7 Å². The average molecular weight is 488 g/mol. The molecule has 2 amide bonds. The van der Waals surface area contributed by atoms with Crippen LogP contribution >= 0.6 is 0 Å². The highest BCUT2D eigenvalue weighted by Crippen LogP contribution is 2.15. The number of amides is 2. The smallest absolute Gasteiger partial charge is 0.242 e. The largest absolute Gasteiger partial charge is 0.352 e. The molecule has 34 heavy (non-hydrogen) atoms. The third-order valence-corrected chi connectivity index (χ3v) is 7.84. The van der Waals surface area contributed by atoms with Crippen LogP contribution in [0.4, 0.5) is 0 Å². The van der Waals surface area contributed by atoms with Gasteiger partial charge < -0.3 is 10.2 Å². The lowest BCUT2D eigenvalue weighted by molar-refractivity contribution is -0.140. The van der Waals surface area contributed by atoms with Crippen LogP contribution in [0.2, 0.25) is 0 Å². The molecule has 2 aromatic rings. The van der Waals surface area contributed by atoms with Crippen LogP contribution in [0.15, 0.2) is 65.6 Å². The lowest BCUT2D eigenvalue weighted by Crippen LogP contribution is -2.50. The van der Waals surface area contributed by atoms with Gasteiger partial charge in [-0.25, -0.2) is 12.7 Å². The fourth-order valence-electron chi connectivity index (χ4n) is 3.52. The van der Waals surface area contributed by atoms with E-state index in [9.17, 15) is 18.0 Å². The molecule has 0 aliphatic carbocycles. The monoisotopic (exact) mass is 487 g/mol. The quantitative estimate of drug-likeness (QED) is 0.469. The number of carbonyl (C=O) groups is 2. The number of hydrogen-bond acceptors (Lipinski definition) is 4. The summed E-state index contributed by atoms with van der Waals surface area (Å²) in [6.07, 6.45) is 1.96. The Morgan fingerprint density at radius 3 is 2.12 bits per heavy atom. The van der Waals surface area contributed by atoms with Crippen LogP contribution in [0, 0.1) is 0 Å². The molecule has 0 spiro atoms. The Bertz CT molecular complexity index is 1010. The Morgan fingerprint density at radius 2 is 1.53 bits per heavy atom. The van der Waals surface area contributed by atoms with Crippen molar-refractivity contribution < 1.29 is 18.0 Å². The number of hydrogen-bond donors (Lipinski definition) is 1. The van der Waals surface area contributed by atoms with Crippen molar-refractivity contribution in [3.63, 3.8) is 0 Å². The molecule has 0 saturated carbocycles. The van der Waals surface area contributed by atoms with Gasteiger partial charge >= 0.3 is 0 Å². The van der Waals surface area contributed by atoms with Gasteiger partial charge in [0.1, 0.15) is 6.04 Å². The summed E-state index contributed by atoms with van der Waals surface area (Å²) in [5.74, 6) is -0.340. The molecule has 186 valence electrons. The summed E-state index contributed by atoms with van der Waals surface area (Å²) < 4.78 is 26.7. The Hall–Kier alpha value is -2.71. The minimum atomic E-state index is -3.61. The van der Waals surface area contributed by atoms with E-state index in [2.05, 4.69) is 5.32 Å². The van der Waals surface area contributed by atoms with E-state index in [0.717, 1.165) is 12.0 Å². The van der Waals surface area contributed by atoms with Crippen LogP contribution in [0.1, 0.15) is 45.6 Å². The van der Waals surface area contributed by atoms with Gasteiger partial charge in [-0.05, 0) is 50.8 Å². The summed E-state index contributed by atoms with van der Waals surface area (Å²) in [5, 5.41) is 2.95. The minimum absolute atomic E-state index is 0.0258. The highest BCUT2D eigenvalue weighted by molar-refractivity contribution is 7.89. The molecule has 2 atom stereocenters. The Labute approximate surface area is 204 Å². The third kappa shape index (κ3) is 7.95. The first-order chi connectivity index (χ1) is 16.2. The predicted octanol–water partition coefficient (Wildman–Crippen LogP) is 3.46. The molecular formula is C26H37N3O4S. The van der Waals surface area contributed by atoms with E-state index < -0.39 is 16.1 Å². The van der Waals surface area contributed by atoms with Gasteiger partial charge in [0.05, 0.1) is 4.90 Å². The SMILES string of the molecule is CC[C@H](C)NC(=O)[C@@H](C)N(CCc1ccccc1)C(=O)CCCN(C)S(=O)(=O)c1ccccc1. The topological polar surface area (TPSA) is 86.8 Å². The molecule has 2 rings (SSSR count). The minimum Gasteiger partial charge on any atom is -0.352 e. The van der Waals surface area contributed by atoms with E-state index in [4.69, 9.17) is 0 Å². The average Bonchev–Trinajstić information content (AvgIpc) is 2.84. The van der Waals surface area contributed by atoms with Crippen LogP contribution in [0.3, 0.4) is 0 Å². The number of carbonyl (C=O) groups excluding carboxylic acids is 2. The zero-order valence-corrected chi connectivity index (χ0v) is 21.4. The van der Waals surface area contributed by atoms with Gasteiger partial charge in [-0.2, -0.15) is 0 Å². The Kier molecular flexibility index (Phi) is 10.7. The van der Waals surface area contributed by atoms with E-state index >= 15 is 0 Å². The second-order valence-corrected chi connectivity index (χ2v) is 10.6. The first kappa shape index (κ1) is 27.5. The number of benzene rings is 2. The van der Waals surface area contributed by atoms with Crippen molar-refractivity contribution >= 4 is 21.8 Å². The second-order valence-electron chi connectivity index (χ2n) is 8.56. The Balaban J connectivity index is 2.02. The molecule has 8 heteroatoms. The van der Waals surface area contributed by atoms with Gasteiger partial charge in [-0.3, -0.25) is 9.59 Å². The normalized spacial score (nSPS) is 13.3. The molecule has 0 heterocycles. The van der Waals surface area contributed by atoms with Gasteiger partial charge in [-0.1, -0.05) is 55.5 Å². The maximum absolute atomic E-state index is 13.1. The molecule has 7 nitrogen and oxygen atoms in total. The molecule has 0 radical (unpaired) electrons. The van der Waals surface area contributed by atoms with E-state index in [0.29, 0.717) is 19.4 Å². The van der Waals surface area contributed by atoms with Crippen LogP contribution in [0.5, 0.6) is 0 Å². The number of nitrogens with zero attached hydrogens (tertiary/aromatic N) is 2. The summed E-state index contributed by atoms with van der Waals surface area (Å²) >= 11 is 0. The van der Waals surface area contributed by atoms with Gasteiger partial charge in [0.2, 0.25) is 21.8 Å². The second kappa shape index (κ2) is 13.2. The van der Waals surface area contributed by atoms with Gasteiger partial charge in [0.15, 0.2) is 0 Å². The maximum atomic E-state index is 13.1. The molecule has 1 N–H and O–H groups in total. The molecule has 0 aromatic heterocycles. The van der Waals surface area contributed by atoms with Crippen molar-refractivity contribution in [2.75, 3.05) is 20.1 Å². The van der Waals surface area contributed by atoms with Crippen molar-refractivity contribution in [3.8, 4) is 0 Å². The van der Waals surface area contributed by atoms with E-state index in [1.165, 1.54) is 11.4 Å². The summed E-state index contributed by atoms with van der Waals surface area (Å²) in [5.41, 5.74) is 1.09. The molecular weight excluding hydrogens is 450 g/mol. The first-order valence-electron chi connectivity index (χ1n) is 11.8. The van der Waals surface area contributed by atoms with E-state index in [1.54, 1.807) is 42.2 Å². The Morgan fingerprint density at radius 1 is 0.941 bits per heavy atom.